The summed E-state index contributed by atoms with van der Waals surface area (Å²) in [5.74, 6) is -0.420. The van der Waals surface area contributed by atoms with Crippen LogP contribution in [-0.2, 0) is 19.5 Å². The SMILES string of the molecule is CC1(C)Cc2[nH]ncc2CN(C(=O)NCc2ccc(Cl)cc2F)C1. The molecule has 1 aliphatic heterocycles. The van der Waals surface area contributed by atoms with E-state index in [2.05, 4.69) is 29.4 Å². The number of H-pyrrole nitrogens is 1. The average molecular weight is 351 g/mol. The van der Waals surface area contributed by atoms with Gasteiger partial charge >= 0.3 is 6.03 Å². The molecule has 5 nitrogen and oxygen atoms in total. The second-order valence-electron chi connectivity index (χ2n) is 6.97. The number of amides is 2. The van der Waals surface area contributed by atoms with Crippen LogP contribution in [0.4, 0.5) is 9.18 Å². The number of aromatic amines is 1. The molecule has 0 radical (unpaired) electrons. The standard InChI is InChI=1S/C17H20ClFN4O/c1-17(2)6-15-12(8-21-22-15)9-23(10-17)16(24)20-7-11-3-4-13(18)5-14(11)19/h3-5,8H,6-7,9-10H2,1-2H3,(H,20,24)(H,21,22). The monoisotopic (exact) mass is 350 g/mol. The number of carbonyl (C=O) groups is 1. The molecule has 128 valence electrons. The summed E-state index contributed by atoms with van der Waals surface area (Å²) in [6.07, 6.45) is 2.59. The fourth-order valence-electron chi connectivity index (χ4n) is 3.03. The van der Waals surface area contributed by atoms with Crippen LogP contribution < -0.4 is 5.32 Å². The van der Waals surface area contributed by atoms with Gasteiger partial charge in [-0.2, -0.15) is 5.10 Å². The number of urea groups is 1. The molecule has 7 heteroatoms. The second-order valence-corrected chi connectivity index (χ2v) is 7.40. The van der Waals surface area contributed by atoms with E-state index >= 15 is 0 Å². The molecular weight excluding hydrogens is 331 g/mol. The second kappa shape index (κ2) is 6.43. The van der Waals surface area contributed by atoms with Crippen LogP contribution in [0.15, 0.2) is 24.4 Å². The number of fused-ring (bicyclic) bond motifs is 1. The van der Waals surface area contributed by atoms with Crippen LogP contribution in [0.2, 0.25) is 5.02 Å². The van der Waals surface area contributed by atoms with E-state index in [0.29, 0.717) is 23.7 Å². The van der Waals surface area contributed by atoms with Crippen molar-refractivity contribution in [1.82, 2.24) is 20.4 Å². The van der Waals surface area contributed by atoms with Gasteiger partial charge in [0, 0.05) is 34.9 Å². The van der Waals surface area contributed by atoms with Crippen molar-refractivity contribution in [3.63, 3.8) is 0 Å². The highest BCUT2D eigenvalue weighted by molar-refractivity contribution is 6.30. The minimum absolute atomic E-state index is 0.0688. The molecule has 2 N–H and O–H groups in total. The third-order valence-corrected chi connectivity index (χ3v) is 4.41. The van der Waals surface area contributed by atoms with Crippen molar-refractivity contribution >= 4 is 17.6 Å². The van der Waals surface area contributed by atoms with Gasteiger partial charge in [-0.05, 0) is 24.0 Å². The number of nitrogens with one attached hydrogen (secondary N) is 2. The maximum atomic E-state index is 13.8. The van der Waals surface area contributed by atoms with E-state index < -0.39 is 5.82 Å². The van der Waals surface area contributed by atoms with Gasteiger partial charge in [0.25, 0.3) is 0 Å². The zero-order chi connectivity index (χ0) is 17.3. The molecule has 1 aliphatic rings. The number of hydrogen-bond donors (Lipinski definition) is 2. The van der Waals surface area contributed by atoms with Crippen molar-refractivity contribution in [1.29, 1.82) is 0 Å². The first-order valence-corrected chi connectivity index (χ1v) is 8.20. The lowest BCUT2D eigenvalue weighted by atomic mass is 9.88. The highest BCUT2D eigenvalue weighted by Crippen LogP contribution is 2.29. The molecule has 0 bridgehead atoms. The predicted octanol–water partition coefficient (Wildman–Crippen LogP) is 3.50. The summed E-state index contributed by atoms with van der Waals surface area (Å²) >= 11 is 5.74. The molecule has 0 spiro atoms. The molecule has 3 rings (SSSR count). The molecule has 2 amide bonds. The number of hydrogen-bond acceptors (Lipinski definition) is 2. The summed E-state index contributed by atoms with van der Waals surface area (Å²) in [7, 11) is 0. The number of benzene rings is 1. The highest BCUT2D eigenvalue weighted by Gasteiger charge is 2.31. The summed E-state index contributed by atoms with van der Waals surface area (Å²) in [4.78, 5) is 14.3. The van der Waals surface area contributed by atoms with Gasteiger partial charge < -0.3 is 10.2 Å². The van der Waals surface area contributed by atoms with Crippen LogP contribution in [-0.4, -0.2) is 27.7 Å². The van der Waals surface area contributed by atoms with Crippen molar-refractivity contribution in [2.24, 2.45) is 5.41 Å². The first-order valence-electron chi connectivity index (χ1n) is 7.82. The van der Waals surface area contributed by atoms with Gasteiger partial charge in [-0.25, -0.2) is 9.18 Å². The number of halogens is 2. The van der Waals surface area contributed by atoms with Crippen LogP contribution in [0.25, 0.3) is 0 Å². The zero-order valence-corrected chi connectivity index (χ0v) is 14.5. The van der Waals surface area contributed by atoms with Gasteiger partial charge in [0.05, 0.1) is 12.7 Å². The molecule has 0 atom stereocenters. The van der Waals surface area contributed by atoms with E-state index in [9.17, 15) is 9.18 Å². The third kappa shape index (κ3) is 3.70. The summed E-state index contributed by atoms with van der Waals surface area (Å²) in [6, 6.07) is 4.22. The normalized spacial score (nSPS) is 16.4. The van der Waals surface area contributed by atoms with E-state index in [4.69, 9.17) is 11.6 Å². The Kier molecular flexibility index (Phi) is 4.49. The van der Waals surface area contributed by atoms with E-state index in [1.54, 1.807) is 23.2 Å². The fraction of sp³-hybridized carbons (Fsp3) is 0.412. The van der Waals surface area contributed by atoms with Crippen LogP contribution in [0, 0.1) is 11.2 Å². The van der Waals surface area contributed by atoms with Crippen LogP contribution in [0.5, 0.6) is 0 Å². The molecule has 1 aromatic carbocycles. The van der Waals surface area contributed by atoms with Gasteiger partial charge in [-0.3, -0.25) is 5.10 Å². The number of carbonyl (C=O) groups excluding carboxylic acids is 1. The van der Waals surface area contributed by atoms with Crippen molar-refractivity contribution in [3.05, 3.63) is 52.1 Å². The van der Waals surface area contributed by atoms with E-state index in [1.807, 2.05) is 0 Å². The minimum Gasteiger partial charge on any atom is -0.334 e. The number of aromatic nitrogens is 2. The quantitative estimate of drug-likeness (QED) is 0.870. The molecule has 1 aromatic heterocycles. The summed E-state index contributed by atoms with van der Waals surface area (Å²) < 4.78 is 13.8. The smallest absolute Gasteiger partial charge is 0.317 e. The lowest BCUT2D eigenvalue weighted by Crippen LogP contribution is -2.43. The first-order chi connectivity index (χ1) is 11.3. The molecule has 0 unspecified atom stereocenters. The van der Waals surface area contributed by atoms with E-state index in [1.165, 1.54) is 6.07 Å². The Balaban J connectivity index is 1.70. The van der Waals surface area contributed by atoms with Gasteiger partial charge in [-0.1, -0.05) is 31.5 Å². The number of rotatable bonds is 2. The van der Waals surface area contributed by atoms with Crippen LogP contribution in [0.3, 0.4) is 0 Å². The Morgan fingerprint density at radius 3 is 3.04 bits per heavy atom. The Morgan fingerprint density at radius 2 is 2.29 bits per heavy atom. The zero-order valence-electron chi connectivity index (χ0n) is 13.7. The maximum absolute atomic E-state index is 13.8. The molecule has 0 fully saturated rings. The lowest BCUT2D eigenvalue weighted by molar-refractivity contribution is 0.167. The fourth-order valence-corrected chi connectivity index (χ4v) is 3.19. The third-order valence-electron chi connectivity index (χ3n) is 4.18. The van der Waals surface area contributed by atoms with Gasteiger partial charge in [0.15, 0.2) is 0 Å². The van der Waals surface area contributed by atoms with Crippen molar-refractivity contribution in [2.75, 3.05) is 6.54 Å². The Bertz CT molecular complexity index is 759. The summed E-state index contributed by atoms with van der Waals surface area (Å²) in [5, 5.41) is 10.2. The molecule has 0 saturated carbocycles. The molecular formula is C17H20ClFN4O. The van der Waals surface area contributed by atoms with Gasteiger partial charge in [-0.15, -0.1) is 0 Å². The van der Waals surface area contributed by atoms with Crippen LogP contribution in [0.1, 0.15) is 30.7 Å². The van der Waals surface area contributed by atoms with Gasteiger partial charge in [0.1, 0.15) is 5.82 Å². The largest absolute Gasteiger partial charge is 0.334 e. The maximum Gasteiger partial charge on any atom is 0.317 e. The molecule has 2 aromatic rings. The number of nitrogens with zero attached hydrogens (tertiary/aromatic N) is 2. The highest BCUT2D eigenvalue weighted by atomic mass is 35.5. The van der Waals surface area contributed by atoms with E-state index in [0.717, 1.165) is 17.7 Å². The Morgan fingerprint density at radius 1 is 1.50 bits per heavy atom. The first kappa shape index (κ1) is 16.8. The predicted molar refractivity (Wildman–Crippen MR) is 90.1 cm³/mol. The molecule has 24 heavy (non-hydrogen) atoms. The molecule has 0 aliphatic carbocycles. The molecule has 0 saturated heterocycles. The summed E-state index contributed by atoms with van der Waals surface area (Å²) in [6.45, 7) is 5.45. The molecule has 2 heterocycles. The van der Waals surface area contributed by atoms with Gasteiger partial charge in [0.2, 0.25) is 0 Å². The average Bonchev–Trinajstić information content (AvgIpc) is 2.86. The van der Waals surface area contributed by atoms with Crippen molar-refractivity contribution in [2.45, 2.75) is 33.4 Å². The van der Waals surface area contributed by atoms with Crippen LogP contribution >= 0.6 is 11.6 Å². The van der Waals surface area contributed by atoms with Crippen molar-refractivity contribution in [3.8, 4) is 0 Å². The Labute approximate surface area is 145 Å². The summed E-state index contributed by atoms with van der Waals surface area (Å²) in [5.41, 5.74) is 2.43. The van der Waals surface area contributed by atoms with E-state index in [-0.39, 0.29) is 18.0 Å². The van der Waals surface area contributed by atoms with Crippen molar-refractivity contribution < 1.29 is 9.18 Å². The minimum atomic E-state index is -0.420. The lowest BCUT2D eigenvalue weighted by Gasteiger charge is -2.29. The topological polar surface area (TPSA) is 61.0 Å². The Hall–Kier alpha value is -2.08.